The predicted octanol–water partition coefficient (Wildman–Crippen LogP) is 4.59. The van der Waals surface area contributed by atoms with E-state index in [1.165, 1.54) is 27.6 Å². The highest BCUT2D eigenvalue weighted by molar-refractivity contribution is 6.70. The number of aryl methyl sites for hydroxylation is 3. The van der Waals surface area contributed by atoms with Gasteiger partial charge in [-0.15, -0.1) is 0 Å². The first-order chi connectivity index (χ1) is 11.5. The van der Waals surface area contributed by atoms with Gasteiger partial charge >= 0.3 is 6.85 Å². The minimum Gasteiger partial charge on any atom is -0.423 e. The zero-order valence-electron chi connectivity index (χ0n) is 14.9. The van der Waals surface area contributed by atoms with Crippen LogP contribution in [-0.2, 0) is 7.05 Å². The maximum absolute atomic E-state index is 6.30. The Balaban J connectivity index is 2.00. The highest BCUT2D eigenvalue weighted by atomic mass is 16.4. The van der Waals surface area contributed by atoms with Crippen LogP contribution in [0.1, 0.15) is 23.6 Å². The summed E-state index contributed by atoms with van der Waals surface area (Å²) in [5.41, 5.74) is 6.02. The molecule has 0 fully saturated rings. The van der Waals surface area contributed by atoms with E-state index in [0.717, 1.165) is 17.3 Å². The maximum atomic E-state index is 6.30. The third kappa shape index (κ3) is 2.09. The van der Waals surface area contributed by atoms with Crippen molar-refractivity contribution in [3.05, 3.63) is 59.2 Å². The molecule has 24 heavy (non-hydrogen) atoms. The van der Waals surface area contributed by atoms with Crippen molar-refractivity contribution in [1.29, 1.82) is 0 Å². The molecular weight excluding hydrogens is 295 g/mol. The van der Waals surface area contributed by atoms with Gasteiger partial charge in [0.1, 0.15) is 5.58 Å². The largest absolute Gasteiger partial charge is 0.423 e. The van der Waals surface area contributed by atoms with E-state index in [1.807, 2.05) is 12.1 Å². The fraction of sp³-hybridized carbons (Fsp3) is 0.250. The van der Waals surface area contributed by atoms with E-state index in [9.17, 15) is 0 Å². The van der Waals surface area contributed by atoms with Crippen LogP contribution < -0.4 is 9.38 Å². The number of allylic oxidation sites excluding steroid dienone is 1. The summed E-state index contributed by atoms with van der Waals surface area (Å²) < 4.78 is 8.48. The van der Waals surface area contributed by atoms with Crippen LogP contribution in [0.4, 0.5) is 11.7 Å². The third-order valence-corrected chi connectivity index (χ3v) is 5.05. The average molecular weight is 317 g/mol. The molecule has 120 valence electrons. The molecule has 3 heterocycles. The van der Waals surface area contributed by atoms with E-state index in [-0.39, 0.29) is 6.85 Å². The van der Waals surface area contributed by atoms with Crippen molar-refractivity contribution in [2.75, 3.05) is 4.81 Å². The average Bonchev–Trinajstić information content (AvgIpc) is 2.91. The van der Waals surface area contributed by atoms with Crippen LogP contribution in [0.5, 0.6) is 0 Å². The van der Waals surface area contributed by atoms with Gasteiger partial charge in [-0.05, 0) is 50.4 Å². The van der Waals surface area contributed by atoms with E-state index in [4.69, 9.17) is 4.42 Å². The molecule has 3 aromatic rings. The monoisotopic (exact) mass is 317 g/mol. The van der Waals surface area contributed by atoms with Crippen LogP contribution in [0.2, 0.25) is 6.82 Å². The number of hydrogen-bond donors (Lipinski definition) is 0. The van der Waals surface area contributed by atoms with Crippen LogP contribution in [0, 0.1) is 13.8 Å². The lowest BCUT2D eigenvalue weighted by molar-refractivity contribution is -0.658. The Bertz CT molecular complexity index is 987. The van der Waals surface area contributed by atoms with Gasteiger partial charge in [-0.2, -0.15) is 0 Å². The summed E-state index contributed by atoms with van der Waals surface area (Å²) in [6.07, 6.45) is 2.19. The molecule has 0 N–H and O–H groups in total. The molecule has 0 bridgehead atoms. The predicted molar refractivity (Wildman–Crippen MR) is 101 cm³/mol. The summed E-state index contributed by atoms with van der Waals surface area (Å²) in [6.45, 7) is 8.94. The smallest absolute Gasteiger partial charge is 0.406 e. The Morgan fingerprint density at radius 1 is 1.08 bits per heavy atom. The topological polar surface area (TPSA) is 20.3 Å². The molecule has 0 amide bonds. The zero-order valence-corrected chi connectivity index (χ0v) is 14.9. The highest BCUT2D eigenvalue weighted by Gasteiger charge is 2.39. The number of rotatable bonds is 1. The summed E-state index contributed by atoms with van der Waals surface area (Å²) in [5.74, 6) is 4.41. The van der Waals surface area contributed by atoms with Crippen molar-refractivity contribution in [3.8, 4) is 0 Å². The lowest BCUT2D eigenvalue weighted by Gasteiger charge is -2.24. The number of benzene rings is 1. The second-order valence-electron chi connectivity index (χ2n) is 6.85. The fourth-order valence-corrected chi connectivity index (χ4v) is 3.71. The molecule has 2 aromatic heterocycles. The number of aromatic nitrogens is 1. The van der Waals surface area contributed by atoms with Gasteiger partial charge in [0.25, 0.3) is 11.7 Å². The molecule has 0 saturated heterocycles. The first-order valence-corrected chi connectivity index (χ1v) is 8.44. The SMILES string of the molecule is CB1C=C(C)c2c(oc3ccccc23)N1c1cc(C)c(C)c[n+]1C. The Kier molecular flexibility index (Phi) is 3.31. The standard InChI is InChI=1S/C20H22BN2O/c1-13-10-18(22(5)12-15(13)3)23-20-19(14(2)11-21(23)4)16-8-6-7-9-17(16)24-20/h6-12H,1-5H3/q+1. The van der Waals surface area contributed by atoms with Crippen LogP contribution in [0.25, 0.3) is 16.5 Å². The van der Waals surface area contributed by atoms with Crippen LogP contribution in [0.3, 0.4) is 0 Å². The van der Waals surface area contributed by atoms with Crippen molar-refractivity contribution < 1.29 is 8.98 Å². The third-order valence-electron chi connectivity index (χ3n) is 5.05. The van der Waals surface area contributed by atoms with Gasteiger partial charge in [0.05, 0.1) is 18.8 Å². The molecule has 0 radical (unpaired) electrons. The quantitative estimate of drug-likeness (QED) is 0.483. The highest BCUT2D eigenvalue weighted by Crippen LogP contribution is 2.43. The van der Waals surface area contributed by atoms with Gasteiger partial charge in [-0.1, -0.05) is 24.2 Å². The van der Waals surface area contributed by atoms with Crippen molar-refractivity contribution in [3.63, 3.8) is 0 Å². The molecule has 3 nitrogen and oxygen atoms in total. The van der Waals surface area contributed by atoms with Crippen molar-refractivity contribution in [2.45, 2.75) is 27.6 Å². The molecular formula is C20H22BN2O+. The minimum absolute atomic E-state index is 0.242. The number of anilines is 2. The summed E-state index contributed by atoms with van der Waals surface area (Å²) >= 11 is 0. The van der Waals surface area contributed by atoms with Gasteiger partial charge in [-0.3, -0.25) is 4.81 Å². The molecule has 0 atom stereocenters. The van der Waals surface area contributed by atoms with Crippen LogP contribution in [0.15, 0.2) is 46.9 Å². The molecule has 4 heteroatoms. The maximum Gasteiger partial charge on any atom is 0.406 e. The second-order valence-corrected chi connectivity index (χ2v) is 6.85. The number of hydrogen-bond acceptors (Lipinski definition) is 2. The first kappa shape index (κ1) is 15.1. The van der Waals surface area contributed by atoms with Gasteiger partial charge < -0.3 is 4.42 Å². The molecule has 1 aromatic carbocycles. The van der Waals surface area contributed by atoms with E-state index in [0.29, 0.717) is 0 Å². The number of nitrogens with zero attached hydrogens (tertiary/aromatic N) is 2. The first-order valence-electron chi connectivity index (χ1n) is 8.44. The van der Waals surface area contributed by atoms with Gasteiger partial charge in [0, 0.05) is 11.5 Å². The van der Waals surface area contributed by atoms with Crippen molar-refractivity contribution >= 4 is 35.1 Å². The molecule has 1 aliphatic rings. The molecule has 0 aliphatic carbocycles. The number of furan rings is 1. The van der Waals surface area contributed by atoms with Gasteiger partial charge in [-0.25, -0.2) is 4.57 Å². The van der Waals surface area contributed by atoms with Crippen molar-refractivity contribution in [2.24, 2.45) is 7.05 Å². The lowest BCUT2D eigenvalue weighted by atomic mass is 9.59. The lowest BCUT2D eigenvalue weighted by Crippen LogP contribution is -2.44. The molecule has 0 spiro atoms. The van der Waals surface area contributed by atoms with Crippen LogP contribution >= 0.6 is 0 Å². The summed E-state index contributed by atoms with van der Waals surface area (Å²) in [5, 5.41) is 1.18. The Hall–Kier alpha value is -2.49. The molecule has 1 aliphatic heterocycles. The van der Waals surface area contributed by atoms with Crippen molar-refractivity contribution in [1.82, 2.24) is 0 Å². The number of para-hydroxylation sites is 1. The Morgan fingerprint density at radius 3 is 2.62 bits per heavy atom. The normalized spacial score (nSPS) is 14.1. The Morgan fingerprint density at radius 2 is 1.83 bits per heavy atom. The van der Waals surface area contributed by atoms with E-state index in [1.54, 1.807) is 0 Å². The summed E-state index contributed by atoms with van der Waals surface area (Å²) in [6, 6.07) is 10.5. The Labute approximate surface area is 143 Å². The van der Waals surface area contributed by atoms with E-state index in [2.05, 4.69) is 74.4 Å². The fourth-order valence-electron chi connectivity index (χ4n) is 3.71. The molecule has 0 saturated carbocycles. The van der Waals surface area contributed by atoms with Gasteiger partial charge in [0.2, 0.25) is 0 Å². The molecule has 0 unspecified atom stereocenters. The second kappa shape index (κ2) is 5.27. The summed E-state index contributed by atoms with van der Waals surface area (Å²) in [7, 11) is 2.10. The molecule has 4 rings (SSSR count). The minimum atomic E-state index is 0.242. The zero-order chi connectivity index (χ0) is 17.0. The number of fused-ring (bicyclic) bond motifs is 3. The van der Waals surface area contributed by atoms with Crippen LogP contribution in [-0.4, -0.2) is 6.85 Å². The summed E-state index contributed by atoms with van der Waals surface area (Å²) in [4.78, 5) is 2.30. The van der Waals surface area contributed by atoms with E-state index >= 15 is 0 Å². The van der Waals surface area contributed by atoms with E-state index < -0.39 is 0 Å². The van der Waals surface area contributed by atoms with Gasteiger partial charge in [0.15, 0.2) is 0 Å². The number of pyridine rings is 1.